The van der Waals surface area contributed by atoms with Crippen molar-refractivity contribution in [2.24, 2.45) is 0 Å². The van der Waals surface area contributed by atoms with E-state index >= 15 is 0 Å². The van der Waals surface area contributed by atoms with Gasteiger partial charge in [-0.15, -0.1) is 0 Å². The summed E-state index contributed by atoms with van der Waals surface area (Å²) < 4.78 is 0. The van der Waals surface area contributed by atoms with Crippen molar-refractivity contribution < 1.29 is 0 Å². The van der Waals surface area contributed by atoms with Gasteiger partial charge < -0.3 is 0 Å². The number of benzene rings is 3. The fourth-order valence-electron chi connectivity index (χ4n) is 2.75. The van der Waals surface area contributed by atoms with Gasteiger partial charge in [-0.1, -0.05) is 86.1 Å². The van der Waals surface area contributed by atoms with Gasteiger partial charge in [0.2, 0.25) is 0 Å². The van der Waals surface area contributed by atoms with Crippen LogP contribution in [-0.4, -0.2) is 0 Å². The summed E-state index contributed by atoms with van der Waals surface area (Å²) in [6.45, 7) is 2.24. The molecule has 0 unspecified atom stereocenters. The molecule has 22 heavy (non-hydrogen) atoms. The molecule has 0 fully saturated rings. The van der Waals surface area contributed by atoms with Crippen LogP contribution >= 0.6 is 0 Å². The van der Waals surface area contributed by atoms with Crippen LogP contribution in [0.4, 0.5) is 0 Å². The van der Waals surface area contributed by atoms with Gasteiger partial charge >= 0.3 is 0 Å². The average Bonchev–Trinajstić information content (AvgIpc) is 2.61. The van der Waals surface area contributed by atoms with Crippen LogP contribution in [-0.2, 0) is 6.42 Å². The zero-order valence-electron chi connectivity index (χ0n) is 13.1. The minimum Gasteiger partial charge on any atom is -0.0654 e. The van der Waals surface area contributed by atoms with Crippen molar-refractivity contribution in [3.8, 4) is 22.3 Å². The molecule has 0 heteroatoms. The molecule has 0 aromatic heterocycles. The van der Waals surface area contributed by atoms with Gasteiger partial charge in [0.25, 0.3) is 0 Å². The van der Waals surface area contributed by atoms with Gasteiger partial charge in [0, 0.05) is 0 Å². The second kappa shape index (κ2) is 7.09. The molecule has 3 aromatic rings. The minimum absolute atomic E-state index is 1.18. The first-order valence-corrected chi connectivity index (χ1v) is 8.11. The highest BCUT2D eigenvalue weighted by Crippen LogP contribution is 2.26. The molecule has 0 radical (unpaired) electrons. The Bertz CT molecular complexity index is 709. The van der Waals surface area contributed by atoms with Gasteiger partial charge in [0.1, 0.15) is 0 Å². The molecule has 0 amide bonds. The molecule has 3 rings (SSSR count). The smallest absolute Gasteiger partial charge is 0.0178 e. The summed E-state index contributed by atoms with van der Waals surface area (Å²) in [4.78, 5) is 0. The lowest BCUT2D eigenvalue weighted by molar-refractivity contribution is 0.795. The molecule has 0 bridgehead atoms. The molecule has 3 aromatic carbocycles. The third-order valence-corrected chi connectivity index (χ3v) is 4.08. The summed E-state index contributed by atoms with van der Waals surface area (Å²) in [7, 11) is 0. The van der Waals surface area contributed by atoms with Crippen LogP contribution < -0.4 is 0 Å². The van der Waals surface area contributed by atoms with Crippen molar-refractivity contribution >= 4 is 0 Å². The summed E-state index contributed by atoms with van der Waals surface area (Å²) in [6.07, 6.45) is 3.70. The zero-order chi connectivity index (χ0) is 15.2. The molecule has 0 aliphatic rings. The highest BCUT2D eigenvalue weighted by molar-refractivity contribution is 5.73. The van der Waals surface area contributed by atoms with E-state index in [1.54, 1.807) is 0 Å². The van der Waals surface area contributed by atoms with Crippen LogP contribution in [0, 0.1) is 0 Å². The number of hydrogen-bond donors (Lipinski definition) is 0. The maximum Gasteiger partial charge on any atom is -0.0178 e. The molecule has 0 aliphatic carbocycles. The Morgan fingerprint density at radius 1 is 0.591 bits per heavy atom. The van der Waals surface area contributed by atoms with Crippen LogP contribution in [0.3, 0.4) is 0 Å². The van der Waals surface area contributed by atoms with Crippen LogP contribution in [0.25, 0.3) is 22.3 Å². The van der Waals surface area contributed by atoms with Crippen LogP contribution in [0.5, 0.6) is 0 Å². The quantitative estimate of drug-likeness (QED) is 0.511. The number of rotatable bonds is 5. The molecule has 0 atom stereocenters. The maximum absolute atomic E-state index is 2.27. The van der Waals surface area contributed by atoms with Crippen LogP contribution in [0.2, 0.25) is 0 Å². The fraction of sp³-hybridized carbons (Fsp3) is 0.182. The third-order valence-electron chi connectivity index (χ3n) is 4.08. The summed E-state index contributed by atoms with van der Waals surface area (Å²) >= 11 is 0. The molecule has 110 valence electrons. The summed E-state index contributed by atoms with van der Waals surface area (Å²) in [5, 5.41) is 0. The van der Waals surface area contributed by atoms with Crippen molar-refractivity contribution in [2.75, 3.05) is 0 Å². The molecular weight excluding hydrogens is 264 g/mol. The van der Waals surface area contributed by atoms with E-state index in [1.165, 1.54) is 47.1 Å². The van der Waals surface area contributed by atoms with E-state index in [9.17, 15) is 0 Å². The van der Waals surface area contributed by atoms with E-state index in [4.69, 9.17) is 0 Å². The Kier molecular flexibility index (Phi) is 4.70. The van der Waals surface area contributed by atoms with E-state index in [2.05, 4.69) is 85.8 Å². The molecule has 0 saturated heterocycles. The Balaban J connectivity index is 1.86. The van der Waals surface area contributed by atoms with Gasteiger partial charge in [-0.25, -0.2) is 0 Å². The number of hydrogen-bond acceptors (Lipinski definition) is 0. The van der Waals surface area contributed by atoms with Crippen molar-refractivity contribution in [2.45, 2.75) is 26.2 Å². The number of aryl methyl sites for hydroxylation is 1. The topological polar surface area (TPSA) is 0 Å². The Labute approximate surface area is 133 Å². The van der Waals surface area contributed by atoms with Gasteiger partial charge in [-0.3, -0.25) is 0 Å². The fourth-order valence-corrected chi connectivity index (χ4v) is 2.75. The predicted molar refractivity (Wildman–Crippen MR) is 95.9 cm³/mol. The SMILES string of the molecule is CCCCc1ccc(-c2cccc(-c3ccccc3)c2)cc1. The molecule has 0 nitrogen and oxygen atoms in total. The first kappa shape index (κ1) is 14.6. The lowest BCUT2D eigenvalue weighted by Crippen LogP contribution is -1.85. The Morgan fingerprint density at radius 2 is 1.18 bits per heavy atom. The lowest BCUT2D eigenvalue weighted by atomic mass is 9.98. The molecule has 0 saturated carbocycles. The van der Waals surface area contributed by atoms with E-state index < -0.39 is 0 Å². The van der Waals surface area contributed by atoms with Crippen molar-refractivity contribution in [3.05, 3.63) is 84.4 Å². The minimum atomic E-state index is 1.18. The van der Waals surface area contributed by atoms with Crippen molar-refractivity contribution in [1.29, 1.82) is 0 Å². The van der Waals surface area contributed by atoms with E-state index in [0.29, 0.717) is 0 Å². The van der Waals surface area contributed by atoms with E-state index in [0.717, 1.165) is 0 Å². The van der Waals surface area contributed by atoms with Gasteiger partial charge in [0.15, 0.2) is 0 Å². The van der Waals surface area contributed by atoms with Crippen molar-refractivity contribution in [3.63, 3.8) is 0 Å². The summed E-state index contributed by atoms with van der Waals surface area (Å²) in [6, 6.07) is 28.4. The average molecular weight is 286 g/mol. The predicted octanol–water partition coefficient (Wildman–Crippen LogP) is 6.36. The first-order chi connectivity index (χ1) is 10.9. The van der Waals surface area contributed by atoms with E-state index in [1.807, 2.05) is 0 Å². The molecule has 0 spiro atoms. The molecular formula is C22H22. The largest absolute Gasteiger partial charge is 0.0654 e. The number of unbranched alkanes of at least 4 members (excludes halogenated alkanes) is 1. The monoisotopic (exact) mass is 286 g/mol. The van der Waals surface area contributed by atoms with Gasteiger partial charge in [-0.05, 0) is 46.7 Å². The van der Waals surface area contributed by atoms with E-state index in [-0.39, 0.29) is 0 Å². The molecule has 0 heterocycles. The normalized spacial score (nSPS) is 10.6. The van der Waals surface area contributed by atoms with Gasteiger partial charge in [-0.2, -0.15) is 0 Å². The highest BCUT2D eigenvalue weighted by Gasteiger charge is 2.02. The molecule has 0 N–H and O–H groups in total. The second-order valence-electron chi connectivity index (χ2n) is 5.75. The second-order valence-corrected chi connectivity index (χ2v) is 5.75. The highest BCUT2D eigenvalue weighted by atomic mass is 14.1. The lowest BCUT2D eigenvalue weighted by Gasteiger charge is -2.07. The van der Waals surface area contributed by atoms with Gasteiger partial charge in [0.05, 0.1) is 0 Å². The summed E-state index contributed by atoms with van der Waals surface area (Å²) in [5.41, 5.74) is 6.54. The van der Waals surface area contributed by atoms with Crippen molar-refractivity contribution in [1.82, 2.24) is 0 Å². The molecule has 0 aliphatic heterocycles. The Morgan fingerprint density at radius 3 is 1.82 bits per heavy atom. The Hall–Kier alpha value is -2.34. The third kappa shape index (κ3) is 3.46. The first-order valence-electron chi connectivity index (χ1n) is 8.11. The standard InChI is InChI=1S/C22H22/c1-2-3-8-18-13-15-20(16-14-18)22-12-7-11-21(17-22)19-9-5-4-6-10-19/h4-7,9-17H,2-3,8H2,1H3. The van der Waals surface area contributed by atoms with Crippen LogP contribution in [0.1, 0.15) is 25.3 Å². The summed E-state index contributed by atoms with van der Waals surface area (Å²) in [5.74, 6) is 0. The maximum atomic E-state index is 2.27. The zero-order valence-corrected chi connectivity index (χ0v) is 13.1. The van der Waals surface area contributed by atoms with Crippen LogP contribution in [0.15, 0.2) is 78.9 Å².